The maximum Gasteiger partial charge on any atom is 0.384 e. The van der Waals surface area contributed by atoms with Crippen molar-refractivity contribution in [3.05, 3.63) is 60.2 Å². The number of ether oxygens (including phenoxy) is 2. The first kappa shape index (κ1) is 22.4. The van der Waals surface area contributed by atoms with Crippen LogP contribution in [0.3, 0.4) is 0 Å². The first-order chi connectivity index (χ1) is 15.8. The van der Waals surface area contributed by atoms with Gasteiger partial charge >= 0.3 is 11.9 Å². The van der Waals surface area contributed by atoms with Crippen LogP contribution in [0.15, 0.2) is 54.6 Å². The van der Waals surface area contributed by atoms with Gasteiger partial charge in [0.1, 0.15) is 16.9 Å². The monoisotopic (exact) mass is 443 g/mol. The van der Waals surface area contributed by atoms with E-state index in [0.717, 1.165) is 12.8 Å². The highest BCUT2D eigenvalue weighted by atomic mass is 16.5. The Labute approximate surface area is 193 Å². The molecule has 4 rings (SSSR count). The number of hydrogen-bond acceptors (Lipinski definition) is 5. The van der Waals surface area contributed by atoms with E-state index in [-0.39, 0.29) is 0 Å². The number of carboxylic acid groups (broad SMARTS) is 1. The lowest BCUT2D eigenvalue weighted by atomic mass is 9.78. The second kappa shape index (κ2) is 8.64. The Morgan fingerprint density at radius 1 is 1.12 bits per heavy atom. The summed E-state index contributed by atoms with van der Waals surface area (Å²) in [6, 6.07) is 18.3. The van der Waals surface area contributed by atoms with Gasteiger partial charge in [-0.15, -0.1) is 0 Å². The molecule has 168 valence electrons. The van der Waals surface area contributed by atoms with Gasteiger partial charge in [-0.2, -0.15) is 5.26 Å². The Morgan fingerprint density at radius 3 is 2.45 bits per heavy atom. The summed E-state index contributed by atoms with van der Waals surface area (Å²) in [5, 5.41) is 20.3. The summed E-state index contributed by atoms with van der Waals surface area (Å²) in [5.74, 6) is 3.40. The van der Waals surface area contributed by atoms with E-state index in [1.807, 2.05) is 30.3 Å². The molecule has 1 unspecified atom stereocenters. The highest BCUT2D eigenvalue weighted by Crippen LogP contribution is 2.74. The molecule has 33 heavy (non-hydrogen) atoms. The molecule has 0 spiro atoms. The lowest BCUT2D eigenvalue weighted by molar-refractivity contribution is -0.145. The van der Waals surface area contributed by atoms with Crippen LogP contribution in [0, 0.1) is 45.8 Å². The average Bonchev–Trinajstić information content (AvgIpc) is 3.69. The molecule has 2 fully saturated rings. The molecule has 0 heterocycles. The number of carbonyl (C=O) groups is 2. The normalized spacial score (nSPS) is 23.2. The van der Waals surface area contributed by atoms with Crippen LogP contribution >= 0.6 is 0 Å². The Bertz CT molecular complexity index is 1170. The van der Waals surface area contributed by atoms with Crippen LogP contribution in [-0.2, 0) is 14.3 Å². The van der Waals surface area contributed by atoms with Crippen molar-refractivity contribution in [3.8, 4) is 29.4 Å². The quantitative estimate of drug-likeness (QED) is 0.376. The summed E-state index contributed by atoms with van der Waals surface area (Å²) in [4.78, 5) is 24.6. The van der Waals surface area contributed by atoms with Gasteiger partial charge in [0.15, 0.2) is 0 Å². The highest BCUT2D eigenvalue weighted by molar-refractivity contribution is 5.90. The molecule has 1 N–H and O–H groups in total. The molecular formula is C27H25NO5. The van der Waals surface area contributed by atoms with E-state index >= 15 is 0 Å². The zero-order valence-electron chi connectivity index (χ0n) is 18.6. The summed E-state index contributed by atoms with van der Waals surface area (Å²) >= 11 is 0. The van der Waals surface area contributed by atoms with Gasteiger partial charge in [-0.25, -0.2) is 4.79 Å². The molecule has 6 nitrogen and oxygen atoms in total. The summed E-state index contributed by atoms with van der Waals surface area (Å²) in [5.41, 5.74) is -1.75. The molecule has 2 aromatic rings. The molecule has 2 aliphatic rings. The molecule has 0 radical (unpaired) electrons. The van der Waals surface area contributed by atoms with Crippen molar-refractivity contribution in [2.45, 2.75) is 32.6 Å². The minimum atomic E-state index is -1.46. The number of para-hydroxylation sites is 1. The second-order valence-electron chi connectivity index (χ2n) is 9.19. The van der Waals surface area contributed by atoms with Crippen LogP contribution in [0.4, 0.5) is 0 Å². The summed E-state index contributed by atoms with van der Waals surface area (Å²) in [7, 11) is 0. The van der Waals surface area contributed by atoms with Crippen molar-refractivity contribution in [1.82, 2.24) is 0 Å². The number of hydrogen-bond donors (Lipinski definition) is 1. The molecule has 6 heteroatoms. The lowest BCUT2D eigenvalue weighted by Gasteiger charge is -2.22. The van der Waals surface area contributed by atoms with E-state index in [2.05, 4.69) is 17.9 Å². The largest absolute Gasteiger partial charge is 0.481 e. The SMILES string of the molecule is CC1(C)[C@H](C#CC(=O)OCC2CC2)[C@@]1(C(=O)O)C(C#N)c1cccc(Oc2ccccc2)c1. The number of rotatable bonds is 7. The molecule has 0 aliphatic heterocycles. The topological polar surface area (TPSA) is 96.6 Å². The number of carbonyl (C=O) groups excluding carboxylic acids is 1. The van der Waals surface area contributed by atoms with Gasteiger partial charge in [0, 0.05) is 11.8 Å². The van der Waals surface area contributed by atoms with Crippen LogP contribution in [0.5, 0.6) is 11.5 Å². The van der Waals surface area contributed by atoms with E-state index in [4.69, 9.17) is 9.47 Å². The molecule has 2 aromatic carbocycles. The molecule has 0 aromatic heterocycles. The summed E-state index contributed by atoms with van der Waals surface area (Å²) in [6.45, 7) is 3.88. The zero-order valence-corrected chi connectivity index (χ0v) is 18.6. The van der Waals surface area contributed by atoms with Gasteiger partial charge in [0.25, 0.3) is 0 Å². The van der Waals surface area contributed by atoms with Crippen molar-refractivity contribution in [2.24, 2.45) is 22.7 Å². The first-order valence-electron chi connectivity index (χ1n) is 10.9. The van der Waals surface area contributed by atoms with Crippen molar-refractivity contribution < 1.29 is 24.2 Å². The number of carboxylic acids is 1. The van der Waals surface area contributed by atoms with Gasteiger partial charge < -0.3 is 14.6 Å². The van der Waals surface area contributed by atoms with Crippen LogP contribution in [0.2, 0.25) is 0 Å². The van der Waals surface area contributed by atoms with Crippen molar-refractivity contribution in [3.63, 3.8) is 0 Å². The highest BCUT2D eigenvalue weighted by Gasteiger charge is 2.79. The molecule has 3 atom stereocenters. The first-order valence-corrected chi connectivity index (χ1v) is 10.9. The minimum absolute atomic E-state index is 0.348. The van der Waals surface area contributed by atoms with E-state index in [9.17, 15) is 20.0 Å². The van der Waals surface area contributed by atoms with Crippen molar-refractivity contribution in [1.29, 1.82) is 5.26 Å². The molecule has 0 saturated heterocycles. The molecule has 0 bridgehead atoms. The van der Waals surface area contributed by atoms with Gasteiger partial charge in [0.2, 0.25) is 0 Å². The van der Waals surface area contributed by atoms with Crippen molar-refractivity contribution >= 4 is 11.9 Å². The van der Waals surface area contributed by atoms with E-state index < -0.39 is 34.6 Å². The van der Waals surface area contributed by atoms with E-state index in [1.165, 1.54) is 0 Å². The third-order valence-electron chi connectivity index (χ3n) is 6.73. The Morgan fingerprint density at radius 2 is 1.82 bits per heavy atom. The lowest BCUT2D eigenvalue weighted by Crippen LogP contribution is -2.28. The Kier molecular flexibility index (Phi) is 5.87. The number of nitriles is 1. The van der Waals surface area contributed by atoms with Crippen LogP contribution in [0.25, 0.3) is 0 Å². The molecule has 0 amide bonds. The van der Waals surface area contributed by atoms with E-state index in [1.54, 1.807) is 38.1 Å². The Balaban J connectivity index is 1.61. The van der Waals surface area contributed by atoms with Crippen LogP contribution in [-0.4, -0.2) is 23.7 Å². The number of nitrogens with zero attached hydrogens (tertiary/aromatic N) is 1. The maximum absolute atomic E-state index is 12.6. The maximum atomic E-state index is 12.6. The fraction of sp³-hybridized carbons (Fsp3) is 0.370. The van der Waals surface area contributed by atoms with Gasteiger partial charge in [0.05, 0.1) is 18.6 Å². The predicted octanol–water partition coefficient (Wildman–Crippen LogP) is 4.77. The van der Waals surface area contributed by atoms with Crippen LogP contribution in [0.1, 0.15) is 38.2 Å². The molecule has 2 aliphatic carbocycles. The zero-order chi connectivity index (χ0) is 23.6. The smallest absolute Gasteiger partial charge is 0.384 e. The third-order valence-corrected chi connectivity index (χ3v) is 6.73. The number of esters is 1. The van der Waals surface area contributed by atoms with Crippen LogP contribution < -0.4 is 4.74 Å². The second-order valence-corrected chi connectivity index (χ2v) is 9.19. The fourth-order valence-corrected chi connectivity index (χ4v) is 4.62. The molecule has 2 saturated carbocycles. The number of aliphatic carboxylic acids is 1. The standard InChI is InChI=1S/C27H25NO5/c1-26(2)23(13-14-24(29)32-17-18-11-12-18)27(26,25(30)31)22(16-28)19-7-6-10-21(15-19)33-20-8-4-3-5-9-20/h3-10,15,18,22-23H,11-12,17H2,1-2H3,(H,30,31)/t22?,23-,27+/m0/s1. The number of benzene rings is 2. The van der Waals surface area contributed by atoms with E-state index in [0.29, 0.717) is 29.6 Å². The van der Waals surface area contributed by atoms with Gasteiger partial charge in [-0.05, 0) is 54.0 Å². The predicted molar refractivity (Wildman–Crippen MR) is 120 cm³/mol. The Hall–Kier alpha value is -3.77. The van der Waals surface area contributed by atoms with Gasteiger partial charge in [-0.3, -0.25) is 4.79 Å². The molecular weight excluding hydrogens is 418 g/mol. The van der Waals surface area contributed by atoms with Crippen molar-refractivity contribution in [2.75, 3.05) is 6.61 Å². The average molecular weight is 443 g/mol. The minimum Gasteiger partial charge on any atom is -0.481 e. The van der Waals surface area contributed by atoms with Gasteiger partial charge in [-0.1, -0.05) is 50.1 Å². The fourth-order valence-electron chi connectivity index (χ4n) is 4.62. The third kappa shape index (κ3) is 4.17. The summed E-state index contributed by atoms with van der Waals surface area (Å²) in [6.07, 6.45) is 2.10. The summed E-state index contributed by atoms with van der Waals surface area (Å²) < 4.78 is 11.0.